The number of aromatic amines is 1. The summed E-state index contributed by atoms with van der Waals surface area (Å²) in [6.07, 6.45) is 4.84. The first-order valence-electron chi connectivity index (χ1n) is 9.08. The molecule has 0 fully saturated rings. The molecule has 0 saturated carbocycles. The lowest BCUT2D eigenvalue weighted by molar-refractivity contribution is 0.0983. The molecule has 1 aliphatic rings. The van der Waals surface area contributed by atoms with E-state index < -0.39 is 28.8 Å². The molecule has 2 heterocycles. The van der Waals surface area contributed by atoms with E-state index in [1.54, 1.807) is 6.07 Å². The summed E-state index contributed by atoms with van der Waals surface area (Å²) in [5, 5.41) is 0.960. The number of hydrogen-bond donors (Lipinski definition) is 1. The summed E-state index contributed by atoms with van der Waals surface area (Å²) < 4.78 is 41.2. The van der Waals surface area contributed by atoms with Gasteiger partial charge in [-0.3, -0.25) is 4.79 Å². The number of ketones is 1. The quantitative estimate of drug-likeness (QED) is 0.522. The standard InChI is InChI=1S/C22H19F3N2O/c1-27-8-6-14(7-9-27)16-12-26-19-5-2-13(10-15(16)19)11-20(28)21-17(23)3-4-18(24)22(21)25/h2-6,10,12,26H,7-9,11H2,1H3. The average molecular weight is 384 g/mol. The first kappa shape index (κ1) is 18.5. The maximum atomic E-state index is 13.9. The minimum atomic E-state index is -1.44. The first-order valence-corrected chi connectivity index (χ1v) is 9.08. The molecule has 144 valence electrons. The van der Waals surface area contributed by atoms with Gasteiger partial charge < -0.3 is 9.88 Å². The van der Waals surface area contributed by atoms with E-state index in [0.29, 0.717) is 11.6 Å². The lowest BCUT2D eigenvalue weighted by atomic mass is 9.96. The average Bonchev–Trinajstić information content (AvgIpc) is 3.09. The number of Topliss-reactive ketones (excluding diaryl/α,β-unsaturated/α-hetero) is 1. The number of nitrogens with one attached hydrogen (secondary N) is 1. The predicted molar refractivity (Wildman–Crippen MR) is 103 cm³/mol. The molecule has 0 unspecified atom stereocenters. The molecule has 3 aromatic rings. The van der Waals surface area contributed by atoms with Gasteiger partial charge in [-0.15, -0.1) is 0 Å². The number of H-pyrrole nitrogens is 1. The van der Waals surface area contributed by atoms with E-state index >= 15 is 0 Å². The smallest absolute Gasteiger partial charge is 0.173 e. The molecule has 0 atom stereocenters. The van der Waals surface area contributed by atoms with Crippen molar-refractivity contribution in [1.82, 2.24) is 9.88 Å². The number of aromatic nitrogens is 1. The molecule has 28 heavy (non-hydrogen) atoms. The van der Waals surface area contributed by atoms with E-state index in [2.05, 4.69) is 23.0 Å². The van der Waals surface area contributed by atoms with Crippen LogP contribution in [0.3, 0.4) is 0 Å². The Hall–Kier alpha value is -2.86. The summed E-state index contributed by atoms with van der Waals surface area (Å²) >= 11 is 0. The van der Waals surface area contributed by atoms with Crippen LogP contribution in [0.1, 0.15) is 27.9 Å². The number of carbonyl (C=O) groups excluding carboxylic acids is 1. The Bertz CT molecular complexity index is 1100. The maximum absolute atomic E-state index is 13.9. The van der Waals surface area contributed by atoms with Crippen molar-refractivity contribution in [3.8, 4) is 0 Å². The Morgan fingerprint density at radius 3 is 2.68 bits per heavy atom. The number of likely N-dealkylation sites (N-methyl/N-ethyl adjacent to an activating group) is 1. The second kappa shape index (κ2) is 7.28. The molecule has 2 aromatic carbocycles. The molecule has 0 spiro atoms. The van der Waals surface area contributed by atoms with Crippen LogP contribution in [0.2, 0.25) is 0 Å². The van der Waals surface area contributed by atoms with Gasteiger partial charge in [-0.05, 0) is 48.9 Å². The minimum absolute atomic E-state index is 0.209. The van der Waals surface area contributed by atoms with Gasteiger partial charge in [-0.25, -0.2) is 13.2 Å². The number of halogens is 3. The normalized spacial score (nSPS) is 15.1. The van der Waals surface area contributed by atoms with Crippen molar-refractivity contribution in [1.29, 1.82) is 0 Å². The van der Waals surface area contributed by atoms with Gasteiger partial charge >= 0.3 is 0 Å². The van der Waals surface area contributed by atoms with Crippen molar-refractivity contribution in [3.05, 3.63) is 76.7 Å². The third-order valence-electron chi connectivity index (χ3n) is 5.19. The predicted octanol–water partition coefficient (Wildman–Crippen LogP) is 4.73. The van der Waals surface area contributed by atoms with Crippen LogP contribution in [0.15, 0.2) is 42.6 Å². The summed E-state index contributed by atoms with van der Waals surface area (Å²) in [5.74, 6) is -4.51. The molecule has 3 nitrogen and oxygen atoms in total. The molecule has 1 aliphatic heterocycles. The van der Waals surface area contributed by atoms with Crippen LogP contribution in [-0.2, 0) is 6.42 Å². The lowest BCUT2D eigenvalue weighted by Gasteiger charge is -2.21. The zero-order valence-corrected chi connectivity index (χ0v) is 15.4. The topological polar surface area (TPSA) is 36.1 Å². The molecule has 0 amide bonds. The maximum Gasteiger partial charge on any atom is 0.173 e. The van der Waals surface area contributed by atoms with Crippen molar-refractivity contribution in [2.24, 2.45) is 0 Å². The molecular formula is C22H19F3N2O. The van der Waals surface area contributed by atoms with Crippen molar-refractivity contribution in [2.75, 3.05) is 20.1 Å². The Morgan fingerprint density at radius 1 is 1.14 bits per heavy atom. The molecule has 1 aromatic heterocycles. The monoisotopic (exact) mass is 384 g/mol. The third-order valence-corrected chi connectivity index (χ3v) is 5.19. The van der Waals surface area contributed by atoms with Crippen LogP contribution in [0.5, 0.6) is 0 Å². The van der Waals surface area contributed by atoms with Crippen molar-refractivity contribution >= 4 is 22.3 Å². The van der Waals surface area contributed by atoms with E-state index in [-0.39, 0.29) is 6.42 Å². The molecule has 6 heteroatoms. The molecular weight excluding hydrogens is 365 g/mol. The fourth-order valence-electron chi connectivity index (χ4n) is 3.62. The number of benzene rings is 2. The Labute approximate surface area is 160 Å². The summed E-state index contributed by atoms with van der Waals surface area (Å²) in [5.41, 5.74) is 3.02. The molecule has 0 radical (unpaired) electrons. The van der Waals surface area contributed by atoms with Crippen LogP contribution in [0, 0.1) is 17.5 Å². The summed E-state index contributed by atoms with van der Waals surface area (Å²) in [7, 11) is 2.07. The Kier molecular flexibility index (Phi) is 4.81. The fraction of sp³-hybridized carbons (Fsp3) is 0.227. The van der Waals surface area contributed by atoms with Crippen LogP contribution >= 0.6 is 0 Å². The van der Waals surface area contributed by atoms with Gasteiger partial charge in [0.1, 0.15) is 5.82 Å². The van der Waals surface area contributed by atoms with E-state index in [9.17, 15) is 18.0 Å². The van der Waals surface area contributed by atoms with Crippen molar-refractivity contribution in [2.45, 2.75) is 12.8 Å². The number of nitrogens with zero attached hydrogens (tertiary/aromatic N) is 1. The van der Waals surface area contributed by atoms with E-state index in [1.165, 1.54) is 5.57 Å². The van der Waals surface area contributed by atoms with Crippen LogP contribution < -0.4 is 0 Å². The molecule has 0 bridgehead atoms. The zero-order valence-electron chi connectivity index (χ0n) is 15.4. The highest BCUT2D eigenvalue weighted by molar-refractivity contribution is 5.99. The Balaban J connectivity index is 1.66. The van der Waals surface area contributed by atoms with Crippen molar-refractivity contribution < 1.29 is 18.0 Å². The van der Waals surface area contributed by atoms with Crippen LogP contribution in [0.4, 0.5) is 13.2 Å². The fourth-order valence-corrected chi connectivity index (χ4v) is 3.62. The van der Waals surface area contributed by atoms with E-state index in [0.717, 1.165) is 42.0 Å². The van der Waals surface area contributed by atoms with Gasteiger partial charge in [-0.1, -0.05) is 12.1 Å². The highest BCUT2D eigenvalue weighted by Gasteiger charge is 2.21. The van der Waals surface area contributed by atoms with Gasteiger partial charge in [-0.2, -0.15) is 0 Å². The second-order valence-electron chi connectivity index (χ2n) is 7.14. The zero-order chi connectivity index (χ0) is 19.8. The highest BCUT2D eigenvalue weighted by atomic mass is 19.2. The van der Waals surface area contributed by atoms with Gasteiger partial charge in [0.05, 0.1) is 5.56 Å². The molecule has 1 N–H and O–H groups in total. The largest absolute Gasteiger partial charge is 0.361 e. The highest BCUT2D eigenvalue weighted by Crippen LogP contribution is 2.30. The molecule has 0 aliphatic carbocycles. The summed E-state index contributed by atoms with van der Waals surface area (Å²) in [4.78, 5) is 17.9. The Morgan fingerprint density at radius 2 is 1.93 bits per heavy atom. The number of rotatable bonds is 4. The first-order chi connectivity index (χ1) is 13.4. The summed E-state index contributed by atoms with van der Waals surface area (Å²) in [6, 6.07) is 6.88. The summed E-state index contributed by atoms with van der Waals surface area (Å²) in [6.45, 7) is 1.84. The third kappa shape index (κ3) is 3.36. The van der Waals surface area contributed by atoms with Gasteiger partial charge in [0.25, 0.3) is 0 Å². The van der Waals surface area contributed by atoms with Gasteiger partial charge in [0, 0.05) is 42.2 Å². The second-order valence-corrected chi connectivity index (χ2v) is 7.14. The van der Waals surface area contributed by atoms with Crippen LogP contribution in [-0.4, -0.2) is 35.8 Å². The molecule has 0 saturated heterocycles. The van der Waals surface area contributed by atoms with Crippen LogP contribution in [0.25, 0.3) is 16.5 Å². The SMILES string of the molecule is CN1CC=C(c2c[nH]c3ccc(CC(=O)c4c(F)ccc(F)c4F)cc23)CC1. The lowest BCUT2D eigenvalue weighted by Crippen LogP contribution is -2.23. The number of fused-ring (bicyclic) bond motifs is 1. The van der Waals surface area contributed by atoms with Gasteiger partial charge in [0.2, 0.25) is 0 Å². The van der Waals surface area contributed by atoms with E-state index in [4.69, 9.17) is 0 Å². The van der Waals surface area contributed by atoms with Crippen molar-refractivity contribution in [3.63, 3.8) is 0 Å². The van der Waals surface area contributed by atoms with E-state index in [1.807, 2.05) is 18.3 Å². The minimum Gasteiger partial charge on any atom is -0.361 e. The number of carbonyl (C=O) groups is 1. The van der Waals surface area contributed by atoms with Gasteiger partial charge in [0.15, 0.2) is 17.4 Å². The number of hydrogen-bond acceptors (Lipinski definition) is 2. The molecule has 4 rings (SSSR count).